The molecule has 3 amide bonds. The number of thioether (sulfide) groups is 1. The Morgan fingerprint density at radius 1 is 1.21 bits per heavy atom. The van der Waals surface area contributed by atoms with Gasteiger partial charge in [0.15, 0.2) is 0 Å². The molecule has 128 valence electrons. The molecule has 6 nitrogen and oxygen atoms in total. The molecule has 0 radical (unpaired) electrons. The van der Waals surface area contributed by atoms with Crippen molar-refractivity contribution in [3.63, 3.8) is 0 Å². The highest BCUT2D eigenvalue weighted by molar-refractivity contribution is 8.00. The predicted molar refractivity (Wildman–Crippen MR) is 96.0 cm³/mol. The quantitative estimate of drug-likeness (QED) is 0.621. The lowest BCUT2D eigenvalue weighted by Crippen LogP contribution is -2.40. The second-order valence-electron chi connectivity index (χ2n) is 5.87. The Morgan fingerprint density at radius 3 is 2.71 bits per heavy atom. The molecular weight excluding hydrogens is 324 g/mol. The number of aryl methyl sites for hydroxylation is 1. The topological polar surface area (TPSA) is 84.0 Å². The molecule has 0 unspecified atom stereocenters. The molecule has 0 fully saturated rings. The summed E-state index contributed by atoms with van der Waals surface area (Å²) in [6.45, 7) is 6.53. The Labute approximate surface area is 145 Å². The lowest BCUT2D eigenvalue weighted by molar-refractivity contribution is -0.117. The van der Waals surface area contributed by atoms with Crippen LogP contribution in [0.3, 0.4) is 0 Å². The van der Waals surface area contributed by atoms with Gasteiger partial charge in [-0.3, -0.25) is 10.1 Å². The molecule has 7 heteroatoms. The molecule has 24 heavy (non-hydrogen) atoms. The Balaban J connectivity index is 1.89. The highest BCUT2D eigenvalue weighted by Gasteiger charge is 2.11. The van der Waals surface area contributed by atoms with E-state index in [1.54, 1.807) is 0 Å². The number of benzene rings is 1. The average Bonchev–Trinajstić information content (AvgIpc) is 2.52. The molecule has 0 aliphatic rings. The molecule has 0 saturated heterocycles. The number of aromatic nitrogens is 2. The van der Waals surface area contributed by atoms with Crippen molar-refractivity contribution in [1.82, 2.24) is 20.6 Å². The van der Waals surface area contributed by atoms with Crippen LogP contribution in [0.25, 0.3) is 10.9 Å². The maximum Gasteiger partial charge on any atom is 0.321 e. The van der Waals surface area contributed by atoms with Crippen molar-refractivity contribution in [1.29, 1.82) is 0 Å². The standard InChI is InChI=1S/C17H22N4O2S/c1-11(2)8-9-18-17(23)21-15(22)10-24-16-13-6-4-5-7-14(13)19-12(3)20-16/h4-7,11H,8-10H2,1-3H3,(H2,18,21,22,23). The van der Waals surface area contributed by atoms with E-state index in [1.807, 2.05) is 31.2 Å². The predicted octanol–water partition coefficient (Wildman–Crippen LogP) is 2.90. The van der Waals surface area contributed by atoms with E-state index in [-0.39, 0.29) is 11.7 Å². The maximum absolute atomic E-state index is 11.9. The van der Waals surface area contributed by atoms with Gasteiger partial charge in [0.2, 0.25) is 5.91 Å². The number of nitrogens with zero attached hydrogens (tertiary/aromatic N) is 2. The number of carbonyl (C=O) groups excluding carboxylic acids is 2. The first-order chi connectivity index (χ1) is 11.5. The molecule has 0 saturated carbocycles. The normalized spacial score (nSPS) is 10.8. The fourth-order valence-electron chi connectivity index (χ4n) is 2.08. The molecule has 2 N–H and O–H groups in total. The summed E-state index contributed by atoms with van der Waals surface area (Å²) in [4.78, 5) is 32.3. The van der Waals surface area contributed by atoms with Gasteiger partial charge in [0, 0.05) is 11.9 Å². The Hall–Kier alpha value is -2.15. The summed E-state index contributed by atoms with van der Waals surface area (Å²) in [7, 11) is 0. The third kappa shape index (κ3) is 5.49. The van der Waals surface area contributed by atoms with E-state index in [9.17, 15) is 9.59 Å². The number of hydrogen-bond donors (Lipinski definition) is 2. The molecule has 1 aromatic carbocycles. The molecular formula is C17H22N4O2S. The molecule has 0 atom stereocenters. The van der Waals surface area contributed by atoms with Gasteiger partial charge in [0.05, 0.1) is 11.3 Å². The second-order valence-corrected chi connectivity index (χ2v) is 6.83. The van der Waals surface area contributed by atoms with Crippen LogP contribution in [0.15, 0.2) is 29.3 Å². The van der Waals surface area contributed by atoms with Gasteiger partial charge in [-0.05, 0) is 25.3 Å². The van der Waals surface area contributed by atoms with Crippen LogP contribution < -0.4 is 10.6 Å². The van der Waals surface area contributed by atoms with Gasteiger partial charge in [0.1, 0.15) is 10.9 Å². The van der Waals surface area contributed by atoms with Crippen LogP contribution in [-0.2, 0) is 4.79 Å². The lowest BCUT2D eigenvalue weighted by Gasteiger charge is -2.09. The fourth-order valence-corrected chi connectivity index (χ4v) is 2.95. The molecule has 0 aliphatic heterocycles. The largest absolute Gasteiger partial charge is 0.338 e. The van der Waals surface area contributed by atoms with Crippen molar-refractivity contribution in [3.05, 3.63) is 30.1 Å². The number of carbonyl (C=O) groups is 2. The molecule has 0 spiro atoms. The summed E-state index contributed by atoms with van der Waals surface area (Å²) >= 11 is 1.30. The lowest BCUT2D eigenvalue weighted by atomic mass is 10.1. The maximum atomic E-state index is 11.9. The highest BCUT2D eigenvalue weighted by Crippen LogP contribution is 2.24. The van der Waals surface area contributed by atoms with Gasteiger partial charge in [-0.1, -0.05) is 43.8 Å². The minimum Gasteiger partial charge on any atom is -0.338 e. The van der Waals surface area contributed by atoms with Crippen LogP contribution in [0.4, 0.5) is 4.79 Å². The Morgan fingerprint density at radius 2 is 1.96 bits per heavy atom. The summed E-state index contributed by atoms with van der Waals surface area (Å²) in [5.41, 5.74) is 0.847. The van der Waals surface area contributed by atoms with Crippen LogP contribution in [0.2, 0.25) is 0 Å². The summed E-state index contributed by atoms with van der Waals surface area (Å²) in [6, 6.07) is 7.21. The van der Waals surface area contributed by atoms with Crippen molar-refractivity contribution < 1.29 is 9.59 Å². The zero-order chi connectivity index (χ0) is 17.5. The number of rotatable bonds is 6. The van der Waals surface area contributed by atoms with Crippen molar-refractivity contribution in [2.75, 3.05) is 12.3 Å². The first-order valence-electron chi connectivity index (χ1n) is 7.89. The van der Waals surface area contributed by atoms with E-state index in [1.165, 1.54) is 11.8 Å². The van der Waals surface area contributed by atoms with Crippen molar-refractivity contribution in [2.45, 2.75) is 32.2 Å². The molecule has 0 bridgehead atoms. The number of amides is 3. The first-order valence-corrected chi connectivity index (χ1v) is 8.88. The molecule has 1 heterocycles. The second kappa shape index (κ2) is 8.63. The van der Waals surface area contributed by atoms with E-state index in [0.717, 1.165) is 22.3 Å². The van der Waals surface area contributed by atoms with Gasteiger partial charge in [-0.15, -0.1) is 0 Å². The van der Waals surface area contributed by atoms with Crippen molar-refractivity contribution in [2.24, 2.45) is 5.92 Å². The van der Waals surface area contributed by atoms with Crippen LogP contribution >= 0.6 is 11.8 Å². The minimum atomic E-state index is -0.454. The minimum absolute atomic E-state index is 0.123. The number of hydrogen-bond acceptors (Lipinski definition) is 5. The van der Waals surface area contributed by atoms with E-state index < -0.39 is 6.03 Å². The molecule has 1 aromatic heterocycles. The third-order valence-corrected chi connectivity index (χ3v) is 4.27. The number of imide groups is 1. The number of urea groups is 1. The Bertz CT molecular complexity index is 734. The fraction of sp³-hybridized carbons (Fsp3) is 0.412. The summed E-state index contributed by atoms with van der Waals surface area (Å²) < 4.78 is 0. The van der Waals surface area contributed by atoms with Crippen LogP contribution in [0.1, 0.15) is 26.1 Å². The van der Waals surface area contributed by atoms with Crippen LogP contribution in [0.5, 0.6) is 0 Å². The van der Waals surface area contributed by atoms with Crippen LogP contribution in [-0.4, -0.2) is 34.2 Å². The smallest absolute Gasteiger partial charge is 0.321 e. The summed E-state index contributed by atoms with van der Waals surface area (Å²) in [6.07, 6.45) is 0.878. The molecule has 2 aromatic rings. The van der Waals surface area contributed by atoms with Gasteiger partial charge < -0.3 is 5.32 Å². The van der Waals surface area contributed by atoms with Gasteiger partial charge in [-0.2, -0.15) is 0 Å². The Kier molecular flexibility index (Phi) is 6.54. The monoisotopic (exact) mass is 346 g/mol. The third-order valence-electron chi connectivity index (χ3n) is 3.28. The van der Waals surface area contributed by atoms with Gasteiger partial charge in [-0.25, -0.2) is 14.8 Å². The van der Waals surface area contributed by atoms with E-state index in [4.69, 9.17) is 0 Å². The number of para-hydroxylation sites is 1. The van der Waals surface area contributed by atoms with Crippen molar-refractivity contribution in [3.8, 4) is 0 Å². The van der Waals surface area contributed by atoms with Gasteiger partial charge in [0.25, 0.3) is 0 Å². The summed E-state index contributed by atoms with van der Waals surface area (Å²) in [5.74, 6) is 0.939. The zero-order valence-electron chi connectivity index (χ0n) is 14.1. The summed E-state index contributed by atoms with van der Waals surface area (Å²) in [5, 5.41) is 6.66. The van der Waals surface area contributed by atoms with Crippen LogP contribution in [0, 0.1) is 12.8 Å². The molecule has 2 rings (SSSR count). The highest BCUT2D eigenvalue weighted by atomic mass is 32.2. The average molecular weight is 346 g/mol. The zero-order valence-corrected chi connectivity index (χ0v) is 14.9. The van der Waals surface area contributed by atoms with E-state index in [2.05, 4.69) is 34.4 Å². The van der Waals surface area contributed by atoms with E-state index >= 15 is 0 Å². The number of fused-ring (bicyclic) bond motifs is 1. The van der Waals surface area contributed by atoms with Crippen molar-refractivity contribution >= 4 is 34.6 Å². The SMILES string of the molecule is Cc1nc(SCC(=O)NC(=O)NCCC(C)C)c2ccccc2n1. The first kappa shape index (κ1) is 18.2. The van der Waals surface area contributed by atoms with E-state index in [0.29, 0.717) is 18.3 Å². The van der Waals surface area contributed by atoms with Gasteiger partial charge >= 0.3 is 6.03 Å². The molecule has 0 aliphatic carbocycles. The number of nitrogens with one attached hydrogen (secondary N) is 2.